The summed E-state index contributed by atoms with van der Waals surface area (Å²) in [6.07, 6.45) is 31.3. The summed E-state index contributed by atoms with van der Waals surface area (Å²) in [6, 6.07) is 18.0. The molecule has 0 bridgehead atoms. The van der Waals surface area contributed by atoms with Crippen LogP contribution in [0.1, 0.15) is 87.2 Å². The van der Waals surface area contributed by atoms with E-state index in [-0.39, 0.29) is 7.25 Å². The first-order valence-corrected chi connectivity index (χ1v) is 19.4. The number of hydrogen-bond acceptors (Lipinski definition) is 2. The van der Waals surface area contributed by atoms with Crippen LogP contribution in [0.5, 0.6) is 11.5 Å². The standard InChI is InChI=1S/2C12H16O.2C5H5.Zr/c2*13-12-8-6-11(7-9-12)10-4-2-1-3-5-10;2*1-2-4-5-3-1;/h2*6-10,13H,1-5H2;2*1-5H;/q;;;;+2/p-2. The molecule has 2 nitrogen and oxygen atoms in total. The number of hydrogen-bond donors (Lipinski definition) is 0. The van der Waals surface area contributed by atoms with Crippen molar-refractivity contribution in [3.63, 3.8) is 0 Å². The van der Waals surface area contributed by atoms with E-state index >= 15 is 0 Å². The molecular formula is C34H40O2Zr. The monoisotopic (exact) mass is 570 g/mol. The molecule has 192 valence electrons. The molecule has 37 heavy (non-hydrogen) atoms. The fraction of sp³-hybridized carbons (Fsp3) is 0.412. The SMILES string of the molecule is C1=C[CH]([Zr]([O]c2ccc(C3CCCCC3)cc2)([O]c2ccc(C3CCCCC3)cc2)[CH]2C=CC=C2)C=C1. The third-order valence-corrected chi connectivity index (χ3v) is 18.1. The van der Waals surface area contributed by atoms with Crippen molar-refractivity contribution in [1.29, 1.82) is 0 Å². The summed E-state index contributed by atoms with van der Waals surface area (Å²) < 4.78 is 14.7. The number of benzene rings is 2. The van der Waals surface area contributed by atoms with Gasteiger partial charge in [0.15, 0.2) is 0 Å². The third kappa shape index (κ3) is 5.68. The molecule has 0 radical (unpaired) electrons. The Morgan fingerprint density at radius 3 is 1.16 bits per heavy atom. The van der Waals surface area contributed by atoms with Crippen LogP contribution in [-0.2, 0) is 21.1 Å². The first-order valence-electron chi connectivity index (χ1n) is 14.6. The fourth-order valence-electron chi connectivity index (χ4n) is 6.77. The molecule has 0 atom stereocenters. The average Bonchev–Trinajstić information content (AvgIpc) is 3.71. The second kappa shape index (κ2) is 11.7. The first kappa shape index (κ1) is 25.2. The van der Waals surface area contributed by atoms with Crippen molar-refractivity contribution < 1.29 is 26.8 Å². The van der Waals surface area contributed by atoms with E-state index in [9.17, 15) is 0 Å². The molecule has 2 aromatic rings. The van der Waals surface area contributed by atoms with E-state index in [2.05, 4.69) is 97.1 Å². The second-order valence-electron chi connectivity index (χ2n) is 11.3. The molecule has 0 saturated heterocycles. The van der Waals surface area contributed by atoms with Crippen LogP contribution in [0.3, 0.4) is 0 Å². The maximum atomic E-state index is 7.15. The van der Waals surface area contributed by atoms with Gasteiger partial charge in [-0.1, -0.05) is 0 Å². The normalized spacial score (nSPS) is 21.2. The molecule has 0 amide bonds. The van der Waals surface area contributed by atoms with E-state index in [0.29, 0.717) is 11.8 Å². The van der Waals surface area contributed by atoms with Crippen LogP contribution in [0.2, 0.25) is 7.25 Å². The van der Waals surface area contributed by atoms with Crippen molar-refractivity contribution in [2.75, 3.05) is 0 Å². The molecule has 0 aliphatic heterocycles. The third-order valence-electron chi connectivity index (χ3n) is 8.89. The Morgan fingerprint density at radius 2 is 0.811 bits per heavy atom. The zero-order valence-electron chi connectivity index (χ0n) is 21.9. The van der Waals surface area contributed by atoms with E-state index < -0.39 is 21.1 Å². The molecule has 4 aliphatic carbocycles. The van der Waals surface area contributed by atoms with Gasteiger partial charge in [0.1, 0.15) is 0 Å². The summed E-state index contributed by atoms with van der Waals surface area (Å²) >= 11 is -3.88. The first-order chi connectivity index (χ1) is 18.3. The van der Waals surface area contributed by atoms with Crippen LogP contribution >= 0.6 is 0 Å². The van der Waals surface area contributed by atoms with Crippen LogP contribution in [0, 0.1) is 0 Å². The quantitative estimate of drug-likeness (QED) is 0.314. The van der Waals surface area contributed by atoms with Gasteiger partial charge in [-0.25, -0.2) is 0 Å². The van der Waals surface area contributed by atoms with Crippen LogP contribution in [0.4, 0.5) is 0 Å². The molecule has 2 saturated carbocycles. The Labute approximate surface area is 228 Å². The molecule has 2 aromatic carbocycles. The molecule has 2 fully saturated rings. The van der Waals surface area contributed by atoms with E-state index in [4.69, 9.17) is 5.63 Å². The Bertz CT molecular complexity index is 1030. The fourth-order valence-corrected chi connectivity index (χ4v) is 15.5. The van der Waals surface area contributed by atoms with Crippen molar-refractivity contribution in [3.8, 4) is 11.5 Å². The Morgan fingerprint density at radius 1 is 0.459 bits per heavy atom. The molecular weight excluding hydrogens is 532 g/mol. The number of allylic oxidation sites excluding steroid dienone is 8. The predicted octanol–water partition coefficient (Wildman–Crippen LogP) is 10.1. The summed E-state index contributed by atoms with van der Waals surface area (Å²) in [6.45, 7) is 0. The van der Waals surface area contributed by atoms with Gasteiger partial charge in [0.2, 0.25) is 0 Å². The van der Waals surface area contributed by atoms with Gasteiger partial charge in [-0.2, -0.15) is 0 Å². The van der Waals surface area contributed by atoms with Crippen molar-refractivity contribution in [1.82, 2.24) is 0 Å². The topological polar surface area (TPSA) is 18.5 Å². The van der Waals surface area contributed by atoms with Gasteiger partial charge in [0, 0.05) is 0 Å². The van der Waals surface area contributed by atoms with Gasteiger partial charge in [0.25, 0.3) is 0 Å². The van der Waals surface area contributed by atoms with E-state index in [1.54, 1.807) is 0 Å². The molecule has 0 N–H and O–H groups in total. The Balaban J connectivity index is 1.28. The van der Waals surface area contributed by atoms with Crippen LogP contribution in [0.25, 0.3) is 0 Å². The minimum atomic E-state index is -3.88. The molecule has 4 aliphatic rings. The van der Waals surface area contributed by atoms with Crippen LogP contribution in [-0.4, -0.2) is 0 Å². The Kier molecular flexibility index (Phi) is 7.98. The summed E-state index contributed by atoms with van der Waals surface area (Å²) in [5.74, 6) is 3.32. The summed E-state index contributed by atoms with van der Waals surface area (Å²) in [4.78, 5) is 0. The molecule has 0 unspecified atom stereocenters. The molecule has 0 aromatic heterocycles. The molecule has 6 rings (SSSR count). The van der Waals surface area contributed by atoms with Gasteiger partial charge < -0.3 is 0 Å². The van der Waals surface area contributed by atoms with Gasteiger partial charge in [-0.3, -0.25) is 0 Å². The van der Waals surface area contributed by atoms with E-state index in [1.165, 1.54) is 75.3 Å². The van der Waals surface area contributed by atoms with Gasteiger partial charge in [-0.15, -0.1) is 0 Å². The van der Waals surface area contributed by atoms with Gasteiger partial charge in [-0.05, 0) is 0 Å². The van der Waals surface area contributed by atoms with Crippen LogP contribution in [0.15, 0.2) is 97.1 Å². The predicted molar refractivity (Wildman–Crippen MR) is 150 cm³/mol. The maximum absolute atomic E-state index is 7.15. The Hall–Kier alpha value is -2.12. The van der Waals surface area contributed by atoms with Crippen molar-refractivity contribution in [3.05, 3.63) is 108 Å². The van der Waals surface area contributed by atoms with Crippen molar-refractivity contribution >= 4 is 0 Å². The van der Waals surface area contributed by atoms with E-state index in [0.717, 1.165) is 11.5 Å². The van der Waals surface area contributed by atoms with Gasteiger partial charge >= 0.3 is 230 Å². The summed E-state index contributed by atoms with van der Waals surface area (Å²) in [7, 11) is 0. The molecule has 0 spiro atoms. The number of rotatable bonds is 8. The van der Waals surface area contributed by atoms with Crippen molar-refractivity contribution in [2.24, 2.45) is 0 Å². The molecule has 0 heterocycles. The second-order valence-corrected chi connectivity index (χ2v) is 19.2. The van der Waals surface area contributed by atoms with Crippen LogP contribution < -0.4 is 5.63 Å². The van der Waals surface area contributed by atoms with Gasteiger partial charge in [0.05, 0.1) is 0 Å². The average molecular weight is 572 g/mol. The van der Waals surface area contributed by atoms with E-state index in [1.807, 2.05) is 0 Å². The molecule has 3 heteroatoms. The summed E-state index contributed by atoms with van der Waals surface area (Å²) in [5, 5.41) is 0. The minimum absolute atomic E-state index is 0.211. The zero-order chi connectivity index (χ0) is 24.9. The zero-order valence-corrected chi connectivity index (χ0v) is 24.4. The summed E-state index contributed by atoms with van der Waals surface area (Å²) in [5.41, 5.74) is 2.93. The van der Waals surface area contributed by atoms with Crippen molar-refractivity contribution in [2.45, 2.75) is 83.3 Å².